The van der Waals surface area contributed by atoms with E-state index in [4.69, 9.17) is 0 Å². The van der Waals surface area contributed by atoms with Crippen molar-refractivity contribution in [1.82, 2.24) is 15.2 Å². The summed E-state index contributed by atoms with van der Waals surface area (Å²) in [6.45, 7) is 4.22. The van der Waals surface area contributed by atoms with Crippen LogP contribution < -0.4 is 10.9 Å². The maximum atomic E-state index is 12.0. The number of pyridine rings is 1. The van der Waals surface area contributed by atoms with E-state index in [1.807, 2.05) is 6.92 Å². The Morgan fingerprint density at radius 3 is 2.94 bits per heavy atom. The number of nitrogens with zero attached hydrogens (tertiary/aromatic N) is 1. The highest BCUT2D eigenvalue weighted by atomic mass is 35.5. The van der Waals surface area contributed by atoms with Crippen molar-refractivity contribution >= 4 is 18.3 Å². The van der Waals surface area contributed by atoms with Gasteiger partial charge in [0, 0.05) is 43.5 Å². The van der Waals surface area contributed by atoms with Gasteiger partial charge in [0.2, 0.25) is 5.56 Å². The molecule has 1 aliphatic heterocycles. The fourth-order valence-corrected chi connectivity index (χ4v) is 1.88. The summed E-state index contributed by atoms with van der Waals surface area (Å²) >= 11 is 0. The van der Waals surface area contributed by atoms with Crippen LogP contribution in [0, 0.1) is 0 Å². The third-order valence-corrected chi connectivity index (χ3v) is 2.68. The highest BCUT2D eigenvalue weighted by Gasteiger charge is 2.21. The average molecular weight is 258 g/mol. The maximum Gasteiger partial charge on any atom is 0.254 e. The van der Waals surface area contributed by atoms with Gasteiger partial charge >= 0.3 is 0 Å². The number of hydrogen-bond acceptors (Lipinski definition) is 3. The Kier molecular flexibility index (Phi) is 4.72. The van der Waals surface area contributed by atoms with Crippen LogP contribution in [-0.2, 0) is 0 Å². The van der Waals surface area contributed by atoms with Crippen molar-refractivity contribution in [1.29, 1.82) is 0 Å². The lowest BCUT2D eigenvalue weighted by molar-refractivity contribution is 0.0709. The quantitative estimate of drug-likeness (QED) is 0.757. The summed E-state index contributed by atoms with van der Waals surface area (Å²) in [5, 5.41) is 3.27. The topological polar surface area (TPSA) is 65.2 Å². The molecule has 1 amide bonds. The summed E-state index contributed by atoms with van der Waals surface area (Å²) in [7, 11) is 0. The number of aromatic amines is 1. The number of carbonyl (C=O) groups is 1. The molecule has 0 aromatic carbocycles. The first-order chi connectivity index (χ1) is 7.66. The second-order valence-corrected chi connectivity index (χ2v) is 4.05. The first-order valence-corrected chi connectivity index (χ1v) is 5.38. The zero-order chi connectivity index (χ0) is 11.5. The van der Waals surface area contributed by atoms with Crippen LogP contribution in [0.15, 0.2) is 23.1 Å². The molecule has 1 atom stereocenters. The van der Waals surface area contributed by atoms with Gasteiger partial charge in [0.15, 0.2) is 0 Å². The predicted octanol–water partition coefficient (Wildman–Crippen LogP) is 0.231. The Morgan fingerprint density at radius 2 is 2.29 bits per heavy atom. The molecule has 1 aromatic rings. The number of hydrogen-bond donors (Lipinski definition) is 2. The van der Waals surface area contributed by atoms with E-state index in [-0.39, 0.29) is 23.9 Å². The molecule has 0 spiro atoms. The number of amides is 1. The SMILES string of the molecule is CC1CN(C(=O)c2cc[nH]c(=O)c2)CCN1.Cl. The predicted molar refractivity (Wildman–Crippen MR) is 67.7 cm³/mol. The van der Waals surface area contributed by atoms with E-state index in [9.17, 15) is 9.59 Å². The van der Waals surface area contributed by atoms with Crippen molar-refractivity contribution in [2.75, 3.05) is 19.6 Å². The summed E-state index contributed by atoms with van der Waals surface area (Å²) in [5.74, 6) is -0.0700. The van der Waals surface area contributed by atoms with Gasteiger partial charge in [-0.15, -0.1) is 12.4 Å². The van der Waals surface area contributed by atoms with Crippen LogP contribution in [0.25, 0.3) is 0 Å². The third kappa shape index (κ3) is 3.31. The molecule has 6 heteroatoms. The van der Waals surface area contributed by atoms with E-state index >= 15 is 0 Å². The zero-order valence-electron chi connectivity index (χ0n) is 9.60. The van der Waals surface area contributed by atoms with Crippen LogP contribution >= 0.6 is 12.4 Å². The summed E-state index contributed by atoms with van der Waals surface area (Å²) in [6, 6.07) is 3.28. The van der Waals surface area contributed by atoms with Gasteiger partial charge in [0.05, 0.1) is 0 Å². The fourth-order valence-electron chi connectivity index (χ4n) is 1.88. The van der Waals surface area contributed by atoms with E-state index in [0.29, 0.717) is 24.7 Å². The largest absolute Gasteiger partial charge is 0.336 e. The van der Waals surface area contributed by atoms with E-state index in [1.54, 1.807) is 11.0 Å². The third-order valence-electron chi connectivity index (χ3n) is 2.68. The fraction of sp³-hybridized carbons (Fsp3) is 0.455. The normalized spacial score (nSPS) is 19.6. The molecule has 1 saturated heterocycles. The van der Waals surface area contributed by atoms with E-state index < -0.39 is 0 Å². The molecule has 2 heterocycles. The van der Waals surface area contributed by atoms with Crippen molar-refractivity contribution < 1.29 is 4.79 Å². The highest BCUT2D eigenvalue weighted by molar-refractivity contribution is 5.94. The van der Waals surface area contributed by atoms with Crippen LogP contribution in [0.5, 0.6) is 0 Å². The van der Waals surface area contributed by atoms with Crippen LogP contribution in [0.2, 0.25) is 0 Å². The molecule has 0 radical (unpaired) electrons. The number of carbonyl (C=O) groups excluding carboxylic acids is 1. The number of aromatic nitrogens is 1. The molecule has 0 aliphatic carbocycles. The Bertz CT molecular complexity index is 446. The molecular formula is C11H16ClN3O2. The average Bonchev–Trinajstić information content (AvgIpc) is 2.28. The summed E-state index contributed by atoms with van der Waals surface area (Å²) < 4.78 is 0. The lowest BCUT2D eigenvalue weighted by Gasteiger charge is -2.31. The molecule has 1 aliphatic rings. The van der Waals surface area contributed by atoms with Gasteiger partial charge in [-0.2, -0.15) is 0 Å². The minimum absolute atomic E-state index is 0. The molecule has 17 heavy (non-hydrogen) atoms. The van der Waals surface area contributed by atoms with Crippen molar-refractivity contribution in [2.45, 2.75) is 13.0 Å². The second-order valence-electron chi connectivity index (χ2n) is 4.05. The Morgan fingerprint density at radius 1 is 1.53 bits per heavy atom. The molecule has 1 fully saturated rings. The zero-order valence-corrected chi connectivity index (χ0v) is 10.4. The molecular weight excluding hydrogens is 242 g/mol. The van der Waals surface area contributed by atoms with Crippen molar-refractivity contribution in [3.05, 3.63) is 34.2 Å². The van der Waals surface area contributed by atoms with Gasteiger partial charge in [-0.05, 0) is 13.0 Å². The van der Waals surface area contributed by atoms with Gasteiger partial charge in [-0.25, -0.2) is 0 Å². The molecule has 0 bridgehead atoms. The minimum Gasteiger partial charge on any atom is -0.336 e. The maximum absolute atomic E-state index is 12.0. The number of piperazine rings is 1. The molecule has 2 N–H and O–H groups in total. The molecule has 1 aromatic heterocycles. The molecule has 2 rings (SSSR count). The molecule has 94 valence electrons. The second kappa shape index (κ2) is 5.84. The number of H-pyrrole nitrogens is 1. The molecule has 5 nitrogen and oxygen atoms in total. The van der Waals surface area contributed by atoms with Crippen LogP contribution in [0.3, 0.4) is 0 Å². The van der Waals surface area contributed by atoms with E-state index in [0.717, 1.165) is 6.54 Å². The minimum atomic E-state index is -0.242. The van der Waals surface area contributed by atoms with Gasteiger partial charge in [0.25, 0.3) is 5.91 Å². The van der Waals surface area contributed by atoms with Crippen LogP contribution in [-0.4, -0.2) is 41.5 Å². The highest BCUT2D eigenvalue weighted by Crippen LogP contribution is 2.05. The van der Waals surface area contributed by atoms with E-state index in [2.05, 4.69) is 10.3 Å². The number of rotatable bonds is 1. The van der Waals surface area contributed by atoms with Crippen molar-refractivity contribution in [2.24, 2.45) is 0 Å². The lowest BCUT2D eigenvalue weighted by atomic mass is 10.2. The molecule has 0 saturated carbocycles. The van der Waals surface area contributed by atoms with Crippen LogP contribution in [0.1, 0.15) is 17.3 Å². The van der Waals surface area contributed by atoms with Gasteiger partial charge in [-0.1, -0.05) is 0 Å². The summed E-state index contributed by atoms with van der Waals surface area (Å²) in [5.41, 5.74) is 0.215. The standard InChI is InChI=1S/C11H15N3O2.ClH/c1-8-7-14(5-4-12-8)11(16)9-2-3-13-10(15)6-9;/h2-3,6,8,12H,4-5,7H2,1H3,(H,13,15);1H. The smallest absolute Gasteiger partial charge is 0.254 e. The van der Waals surface area contributed by atoms with Crippen LogP contribution in [0.4, 0.5) is 0 Å². The van der Waals surface area contributed by atoms with Crippen molar-refractivity contribution in [3.8, 4) is 0 Å². The van der Waals surface area contributed by atoms with Gasteiger partial charge < -0.3 is 15.2 Å². The Labute approximate surface area is 106 Å². The molecule has 1 unspecified atom stereocenters. The summed E-state index contributed by atoms with van der Waals surface area (Å²) in [4.78, 5) is 27.4. The van der Waals surface area contributed by atoms with Gasteiger partial charge in [-0.3, -0.25) is 9.59 Å². The Hall–Kier alpha value is -1.33. The first-order valence-electron chi connectivity index (χ1n) is 5.38. The monoisotopic (exact) mass is 257 g/mol. The van der Waals surface area contributed by atoms with Gasteiger partial charge in [0.1, 0.15) is 0 Å². The van der Waals surface area contributed by atoms with E-state index in [1.165, 1.54) is 12.3 Å². The number of halogens is 1. The van der Waals surface area contributed by atoms with Crippen molar-refractivity contribution in [3.63, 3.8) is 0 Å². The Balaban J connectivity index is 0.00000144. The number of nitrogens with one attached hydrogen (secondary N) is 2. The summed E-state index contributed by atoms with van der Waals surface area (Å²) in [6.07, 6.45) is 1.50. The lowest BCUT2D eigenvalue weighted by Crippen LogP contribution is -2.51. The first kappa shape index (κ1) is 13.7.